The fraction of sp³-hybridized carbons (Fsp3) is 0.200. The van der Waals surface area contributed by atoms with E-state index in [2.05, 4.69) is 0 Å². The van der Waals surface area contributed by atoms with E-state index >= 15 is 0 Å². The van der Waals surface area contributed by atoms with Gasteiger partial charge in [0.1, 0.15) is 12.4 Å². The molecule has 0 aliphatic carbocycles. The van der Waals surface area contributed by atoms with Gasteiger partial charge < -0.3 is 19.5 Å². The first kappa shape index (κ1) is 17.5. The van der Waals surface area contributed by atoms with Crippen LogP contribution in [0.5, 0.6) is 11.5 Å². The minimum Gasteiger partial charge on any atom is -0.493 e. The zero-order valence-electron chi connectivity index (χ0n) is 14.7. The second-order valence-electron chi connectivity index (χ2n) is 5.73. The molecule has 1 heterocycles. The summed E-state index contributed by atoms with van der Waals surface area (Å²) < 4.78 is 10.6. The molecule has 1 aliphatic heterocycles. The van der Waals surface area contributed by atoms with Crippen molar-refractivity contribution < 1.29 is 19.4 Å². The predicted octanol–water partition coefficient (Wildman–Crippen LogP) is 2.89. The number of amidine groups is 1. The Morgan fingerprint density at radius 2 is 1.81 bits per heavy atom. The monoisotopic (exact) mass is 352 g/mol. The molecular weight excluding hydrogens is 332 g/mol. The van der Waals surface area contributed by atoms with Gasteiger partial charge in [-0.3, -0.25) is 4.79 Å². The third-order valence-electron chi connectivity index (χ3n) is 4.07. The van der Waals surface area contributed by atoms with Gasteiger partial charge >= 0.3 is 5.97 Å². The predicted molar refractivity (Wildman–Crippen MR) is 99.7 cm³/mol. The number of carboxylic acid groups (broad SMARTS) is 1. The van der Waals surface area contributed by atoms with Crippen LogP contribution >= 0.6 is 0 Å². The van der Waals surface area contributed by atoms with Crippen molar-refractivity contribution in [1.29, 1.82) is 0 Å². The van der Waals surface area contributed by atoms with Crippen LogP contribution in [0.3, 0.4) is 0 Å². The van der Waals surface area contributed by atoms with Crippen molar-refractivity contribution in [3.05, 3.63) is 65.7 Å². The smallest absolute Gasteiger partial charge is 0.323 e. The molecule has 26 heavy (non-hydrogen) atoms. The Labute approximate surface area is 152 Å². The van der Waals surface area contributed by atoms with Gasteiger partial charge in [-0.1, -0.05) is 30.3 Å². The van der Waals surface area contributed by atoms with Gasteiger partial charge in [0, 0.05) is 17.7 Å². The maximum absolute atomic E-state index is 11.2. The summed E-state index contributed by atoms with van der Waals surface area (Å²) in [6.45, 7) is 0.354. The molecule has 0 saturated heterocycles. The van der Waals surface area contributed by atoms with Gasteiger partial charge in [-0.2, -0.15) is 0 Å². The number of nitrogens with zero attached hydrogens (tertiary/aromatic N) is 2. The number of aliphatic carboxylic acids is 1. The van der Waals surface area contributed by atoms with Crippen LogP contribution in [0, 0.1) is 0 Å². The second kappa shape index (κ2) is 7.74. The van der Waals surface area contributed by atoms with E-state index < -0.39 is 5.97 Å². The number of benzene rings is 2. The summed E-state index contributed by atoms with van der Waals surface area (Å²) in [7, 11) is 3.18. The van der Waals surface area contributed by atoms with Gasteiger partial charge in [0.05, 0.1) is 19.9 Å². The fourth-order valence-corrected chi connectivity index (χ4v) is 2.83. The van der Waals surface area contributed by atoms with Gasteiger partial charge in [0.2, 0.25) is 0 Å². The molecule has 0 atom stereocenters. The number of methoxy groups -OCH3 is 2. The van der Waals surface area contributed by atoms with Crippen molar-refractivity contribution in [2.75, 3.05) is 27.3 Å². The zero-order valence-corrected chi connectivity index (χ0v) is 14.7. The van der Waals surface area contributed by atoms with E-state index in [0.29, 0.717) is 23.9 Å². The van der Waals surface area contributed by atoms with Crippen molar-refractivity contribution in [3.63, 3.8) is 0 Å². The first-order valence-corrected chi connectivity index (χ1v) is 8.15. The Hall–Kier alpha value is -3.28. The molecule has 1 aliphatic rings. The number of hydrogen-bond donors (Lipinski definition) is 1. The summed E-state index contributed by atoms with van der Waals surface area (Å²) in [6.07, 6.45) is 1.91. The number of ether oxygens (including phenoxy) is 2. The first-order valence-electron chi connectivity index (χ1n) is 8.15. The molecule has 0 spiro atoms. The highest BCUT2D eigenvalue weighted by atomic mass is 16.5. The highest BCUT2D eigenvalue weighted by Gasteiger charge is 2.21. The van der Waals surface area contributed by atoms with E-state index in [4.69, 9.17) is 14.5 Å². The molecule has 3 rings (SSSR count). The Bertz CT molecular complexity index is 859. The van der Waals surface area contributed by atoms with E-state index in [0.717, 1.165) is 16.8 Å². The van der Waals surface area contributed by atoms with Crippen molar-refractivity contribution in [1.82, 2.24) is 4.90 Å². The quantitative estimate of drug-likeness (QED) is 0.865. The largest absolute Gasteiger partial charge is 0.493 e. The molecule has 0 aromatic heterocycles. The lowest BCUT2D eigenvalue weighted by atomic mass is 10.1. The molecular formula is C20H20N2O4. The number of hydrogen-bond acceptors (Lipinski definition) is 5. The van der Waals surface area contributed by atoms with Crippen LogP contribution in [0.25, 0.3) is 5.70 Å². The normalized spacial score (nSPS) is 13.7. The number of aliphatic imine (C=N–C) groups is 1. The van der Waals surface area contributed by atoms with E-state index in [1.54, 1.807) is 19.1 Å². The third-order valence-corrected chi connectivity index (χ3v) is 4.07. The van der Waals surface area contributed by atoms with E-state index in [1.165, 1.54) is 0 Å². The number of carbonyl (C=O) groups is 1. The highest BCUT2D eigenvalue weighted by Crippen LogP contribution is 2.32. The SMILES string of the molecule is COc1ccc(C2=CCN(CC(=O)O)C(c3ccccc3)=N2)cc1OC. The van der Waals surface area contributed by atoms with Crippen LogP contribution in [-0.2, 0) is 4.79 Å². The van der Waals surface area contributed by atoms with E-state index in [9.17, 15) is 9.90 Å². The Kier molecular flexibility index (Phi) is 5.22. The Morgan fingerprint density at radius 3 is 2.46 bits per heavy atom. The minimum atomic E-state index is -0.892. The molecule has 2 aromatic carbocycles. The van der Waals surface area contributed by atoms with Gasteiger partial charge in [-0.15, -0.1) is 0 Å². The molecule has 6 heteroatoms. The summed E-state index contributed by atoms with van der Waals surface area (Å²) in [5.41, 5.74) is 2.53. The van der Waals surface area contributed by atoms with E-state index in [-0.39, 0.29) is 6.54 Å². The van der Waals surface area contributed by atoms with Crippen LogP contribution < -0.4 is 9.47 Å². The summed E-state index contributed by atoms with van der Waals surface area (Å²) in [4.78, 5) is 17.7. The maximum Gasteiger partial charge on any atom is 0.323 e. The number of carboxylic acids is 1. The molecule has 2 aromatic rings. The molecule has 1 N–H and O–H groups in total. The van der Waals surface area contributed by atoms with Crippen molar-refractivity contribution in [2.45, 2.75) is 0 Å². The molecule has 0 saturated carbocycles. The van der Waals surface area contributed by atoms with Crippen LogP contribution in [0.15, 0.2) is 59.6 Å². The van der Waals surface area contributed by atoms with Crippen molar-refractivity contribution >= 4 is 17.5 Å². The van der Waals surface area contributed by atoms with E-state index in [1.807, 2.05) is 54.6 Å². The fourth-order valence-electron chi connectivity index (χ4n) is 2.83. The highest BCUT2D eigenvalue weighted by molar-refractivity contribution is 6.04. The third kappa shape index (κ3) is 3.69. The molecule has 6 nitrogen and oxygen atoms in total. The lowest BCUT2D eigenvalue weighted by Gasteiger charge is -2.27. The summed E-state index contributed by atoms with van der Waals surface area (Å²) in [5, 5.41) is 9.19. The molecule has 0 radical (unpaired) electrons. The average Bonchev–Trinajstić information content (AvgIpc) is 2.68. The topological polar surface area (TPSA) is 71.4 Å². The van der Waals surface area contributed by atoms with Gasteiger partial charge in [0.25, 0.3) is 0 Å². The molecule has 0 unspecified atom stereocenters. The standard InChI is InChI=1S/C20H20N2O4/c1-25-17-9-8-15(12-18(17)26-2)16-10-11-22(13-19(23)24)20(21-16)14-6-4-3-5-7-14/h3-10,12H,11,13H2,1-2H3,(H,23,24). The average molecular weight is 352 g/mol. The van der Waals surface area contributed by atoms with Crippen LogP contribution in [0.2, 0.25) is 0 Å². The van der Waals surface area contributed by atoms with Crippen molar-refractivity contribution in [2.24, 2.45) is 4.99 Å². The summed E-state index contributed by atoms with van der Waals surface area (Å²) in [6, 6.07) is 15.2. The van der Waals surface area contributed by atoms with Crippen LogP contribution in [0.4, 0.5) is 0 Å². The summed E-state index contributed by atoms with van der Waals surface area (Å²) >= 11 is 0. The first-order chi connectivity index (χ1) is 12.6. The lowest BCUT2D eigenvalue weighted by Crippen LogP contribution is -2.38. The lowest BCUT2D eigenvalue weighted by molar-refractivity contribution is -0.137. The van der Waals surface area contributed by atoms with Crippen molar-refractivity contribution in [3.8, 4) is 11.5 Å². The molecule has 0 amide bonds. The minimum absolute atomic E-state index is 0.108. The van der Waals surface area contributed by atoms with Gasteiger partial charge in [0.15, 0.2) is 11.5 Å². The Balaban J connectivity index is 2.00. The molecule has 134 valence electrons. The van der Waals surface area contributed by atoms with Crippen LogP contribution in [-0.4, -0.2) is 49.1 Å². The van der Waals surface area contributed by atoms with Gasteiger partial charge in [-0.05, 0) is 24.3 Å². The molecule has 0 bridgehead atoms. The second-order valence-corrected chi connectivity index (χ2v) is 5.73. The maximum atomic E-state index is 11.2. The molecule has 0 fully saturated rings. The Morgan fingerprint density at radius 1 is 1.08 bits per heavy atom. The van der Waals surface area contributed by atoms with Crippen LogP contribution in [0.1, 0.15) is 11.1 Å². The number of rotatable bonds is 6. The summed E-state index contributed by atoms with van der Waals surface area (Å²) in [5.74, 6) is 1.01. The van der Waals surface area contributed by atoms with Gasteiger partial charge in [-0.25, -0.2) is 4.99 Å². The zero-order chi connectivity index (χ0) is 18.5.